The van der Waals surface area contributed by atoms with Gasteiger partial charge < -0.3 is 14.9 Å². The molecule has 1 saturated heterocycles. The van der Waals surface area contributed by atoms with Crippen LogP contribution in [0.2, 0.25) is 0 Å². The van der Waals surface area contributed by atoms with Gasteiger partial charge in [0, 0.05) is 31.5 Å². The minimum absolute atomic E-state index is 0.000486. The number of aromatic nitrogens is 3. The zero-order valence-electron chi connectivity index (χ0n) is 22.2. The number of aliphatic carboxylic acids is 1. The van der Waals surface area contributed by atoms with Crippen LogP contribution in [0.5, 0.6) is 0 Å². The van der Waals surface area contributed by atoms with Crippen molar-refractivity contribution in [2.75, 3.05) is 26.2 Å². The smallest absolute Gasteiger partial charge is 0.304 e. The van der Waals surface area contributed by atoms with E-state index in [4.69, 9.17) is 0 Å². The zero-order valence-corrected chi connectivity index (χ0v) is 22.2. The second kappa shape index (κ2) is 10.5. The van der Waals surface area contributed by atoms with E-state index in [2.05, 4.69) is 45.5 Å². The lowest BCUT2D eigenvalue weighted by atomic mass is 9.83. The standard InChI is InChI=1S/C30H37N5O3/c1-20-25-7-8-27-29(20)31-32-35(27)13-4-2-3-12-33-14-9-22(10-15-33)30(38)34-16-11-21-5-6-23(17-24(21)19-34)26(25)18-28(36)37/h5-8,17,22,26H,2-4,9-16,18-19H2,1H3,(H,36,37). The van der Waals surface area contributed by atoms with E-state index < -0.39 is 5.97 Å². The number of carbonyl (C=O) groups is 2. The Morgan fingerprint density at radius 2 is 1.82 bits per heavy atom. The summed E-state index contributed by atoms with van der Waals surface area (Å²) in [7, 11) is 0. The average Bonchev–Trinajstić information content (AvgIpc) is 3.34. The van der Waals surface area contributed by atoms with Crippen LogP contribution in [0.25, 0.3) is 11.0 Å². The fraction of sp³-hybridized carbons (Fsp3) is 0.533. The molecular formula is C30H37N5O3. The van der Waals surface area contributed by atoms with Gasteiger partial charge >= 0.3 is 5.97 Å². The molecule has 0 aliphatic carbocycles. The summed E-state index contributed by atoms with van der Waals surface area (Å²) in [6, 6.07) is 10.5. The van der Waals surface area contributed by atoms with E-state index in [1.807, 2.05) is 16.5 Å². The second-order valence-electron chi connectivity index (χ2n) is 11.3. The number of benzene rings is 2. The molecule has 0 saturated carbocycles. The Morgan fingerprint density at radius 1 is 1.00 bits per heavy atom. The minimum atomic E-state index is -0.829. The van der Waals surface area contributed by atoms with Gasteiger partial charge in [0.1, 0.15) is 5.52 Å². The molecule has 0 spiro atoms. The van der Waals surface area contributed by atoms with Crippen molar-refractivity contribution in [2.45, 2.75) is 70.9 Å². The molecular weight excluding hydrogens is 478 g/mol. The minimum Gasteiger partial charge on any atom is -0.481 e. The number of carbonyl (C=O) groups excluding carboxylic acids is 1. The highest BCUT2D eigenvalue weighted by Gasteiger charge is 2.31. The summed E-state index contributed by atoms with van der Waals surface area (Å²) in [5.74, 6) is -0.722. The van der Waals surface area contributed by atoms with Gasteiger partial charge in [0.15, 0.2) is 0 Å². The molecule has 0 radical (unpaired) electrons. The first-order valence-electron chi connectivity index (χ1n) is 14.2. The first-order valence-corrected chi connectivity index (χ1v) is 14.2. The van der Waals surface area contributed by atoms with E-state index in [9.17, 15) is 14.7 Å². The summed E-state index contributed by atoms with van der Waals surface area (Å²) in [6.07, 6.45) is 6.04. The van der Waals surface area contributed by atoms with Gasteiger partial charge in [-0.2, -0.15) is 0 Å². The molecule has 6 aliphatic rings. The Balaban J connectivity index is 1.39. The van der Waals surface area contributed by atoms with Crippen molar-refractivity contribution in [3.05, 3.63) is 58.1 Å². The Hall–Kier alpha value is -3.26. The lowest BCUT2D eigenvalue weighted by Gasteiger charge is -2.36. The number of carboxylic acids is 1. The van der Waals surface area contributed by atoms with Gasteiger partial charge in [-0.05, 0) is 92.5 Å². The Bertz CT molecular complexity index is 1360. The predicted octanol–water partition coefficient (Wildman–Crippen LogP) is 4.13. The summed E-state index contributed by atoms with van der Waals surface area (Å²) >= 11 is 0. The van der Waals surface area contributed by atoms with Crippen LogP contribution in [0.1, 0.15) is 72.3 Å². The summed E-state index contributed by atoms with van der Waals surface area (Å²) < 4.78 is 1.99. The molecule has 7 heterocycles. The van der Waals surface area contributed by atoms with Gasteiger partial charge in [0.05, 0.1) is 11.9 Å². The van der Waals surface area contributed by atoms with Crippen LogP contribution >= 0.6 is 0 Å². The average molecular weight is 516 g/mol. The van der Waals surface area contributed by atoms with E-state index in [0.717, 1.165) is 105 Å². The molecule has 1 unspecified atom stereocenters. The molecule has 8 nitrogen and oxygen atoms in total. The van der Waals surface area contributed by atoms with E-state index >= 15 is 0 Å². The van der Waals surface area contributed by atoms with Crippen molar-refractivity contribution < 1.29 is 14.7 Å². The highest BCUT2D eigenvalue weighted by atomic mass is 16.4. The maximum atomic E-state index is 13.5. The maximum absolute atomic E-state index is 13.5. The van der Waals surface area contributed by atoms with Crippen LogP contribution in [-0.2, 0) is 29.1 Å². The van der Waals surface area contributed by atoms with E-state index in [0.29, 0.717) is 6.54 Å². The summed E-state index contributed by atoms with van der Waals surface area (Å²) in [5.41, 5.74) is 7.21. The highest BCUT2D eigenvalue weighted by molar-refractivity contribution is 5.81. The Kier molecular flexibility index (Phi) is 6.91. The second-order valence-corrected chi connectivity index (χ2v) is 11.3. The first-order chi connectivity index (χ1) is 18.5. The van der Waals surface area contributed by atoms with E-state index in [-0.39, 0.29) is 24.2 Å². The number of nitrogens with zero attached hydrogens (tertiary/aromatic N) is 5. The van der Waals surface area contributed by atoms with Crippen molar-refractivity contribution >= 4 is 22.9 Å². The summed E-state index contributed by atoms with van der Waals surface area (Å²) in [4.78, 5) is 30.0. The Morgan fingerprint density at radius 3 is 2.63 bits per heavy atom. The van der Waals surface area contributed by atoms with Gasteiger partial charge in [-0.15, -0.1) is 5.10 Å². The van der Waals surface area contributed by atoms with Gasteiger partial charge in [0.2, 0.25) is 5.91 Å². The third-order valence-corrected chi connectivity index (χ3v) is 8.97. The molecule has 38 heavy (non-hydrogen) atoms. The van der Waals surface area contributed by atoms with E-state index in [1.54, 1.807) is 0 Å². The third kappa shape index (κ3) is 4.82. The van der Waals surface area contributed by atoms with Crippen molar-refractivity contribution in [1.82, 2.24) is 24.8 Å². The number of aryl methyl sites for hydroxylation is 2. The molecule has 1 fully saturated rings. The molecule has 3 aromatic rings. The Labute approximate surface area is 223 Å². The summed E-state index contributed by atoms with van der Waals surface area (Å²) in [6.45, 7) is 7.30. The first kappa shape index (κ1) is 25.0. The highest BCUT2D eigenvalue weighted by Crippen LogP contribution is 2.35. The van der Waals surface area contributed by atoms with Crippen LogP contribution in [0.4, 0.5) is 0 Å². The lowest BCUT2D eigenvalue weighted by Crippen LogP contribution is -2.44. The molecule has 1 atom stereocenters. The van der Waals surface area contributed by atoms with Crippen LogP contribution in [0.3, 0.4) is 0 Å². The molecule has 2 aromatic carbocycles. The molecule has 1 amide bonds. The quantitative estimate of drug-likeness (QED) is 0.552. The van der Waals surface area contributed by atoms with Gasteiger partial charge in [-0.25, -0.2) is 4.68 Å². The topological polar surface area (TPSA) is 91.6 Å². The largest absolute Gasteiger partial charge is 0.481 e. The fourth-order valence-electron chi connectivity index (χ4n) is 6.72. The van der Waals surface area contributed by atoms with Crippen molar-refractivity contribution in [3.63, 3.8) is 0 Å². The number of hydrogen-bond acceptors (Lipinski definition) is 5. The van der Waals surface area contributed by atoms with Crippen molar-refractivity contribution in [1.29, 1.82) is 0 Å². The fourth-order valence-corrected chi connectivity index (χ4v) is 6.72. The van der Waals surface area contributed by atoms with Gasteiger partial charge in [-0.3, -0.25) is 9.59 Å². The van der Waals surface area contributed by atoms with Crippen LogP contribution in [0, 0.1) is 12.8 Å². The molecule has 9 bridgehead atoms. The zero-order chi connectivity index (χ0) is 26.2. The third-order valence-electron chi connectivity index (χ3n) is 8.97. The molecule has 1 N–H and O–H groups in total. The van der Waals surface area contributed by atoms with Gasteiger partial charge in [-0.1, -0.05) is 35.9 Å². The lowest BCUT2D eigenvalue weighted by molar-refractivity contribution is -0.138. The van der Waals surface area contributed by atoms with Crippen molar-refractivity contribution in [2.24, 2.45) is 5.92 Å². The predicted molar refractivity (Wildman–Crippen MR) is 145 cm³/mol. The number of hydrogen-bond donors (Lipinski definition) is 1. The number of piperidine rings is 1. The number of rotatable bonds is 2. The van der Waals surface area contributed by atoms with E-state index in [1.165, 1.54) is 5.56 Å². The molecule has 200 valence electrons. The number of amides is 1. The van der Waals surface area contributed by atoms with Crippen LogP contribution in [0.15, 0.2) is 30.3 Å². The van der Waals surface area contributed by atoms with Gasteiger partial charge in [0.25, 0.3) is 0 Å². The van der Waals surface area contributed by atoms with Crippen molar-refractivity contribution in [3.8, 4) is 0 Å². The normalized spacial score (nSPS) is 24.3. The monoisotopic (exact) mass is 515 g/mol. The molecule has 8 heteroatoms. The molecule has 9 rings (SSSR count). The number of carboxylic acid groups (broad SMARTS) is 1. The molecule has 6 aliphatic heterocycles. The van der Waals surface area contributed by atoms with Crippen LogP contribution in [-0.4, -0.2) is 68.0 Å². The SMILES string of the molecule is Cc1c2ccc3c1nnn3CCCCCN1CCC(CC1)C(=O)N1CCc3ccc(cc3C1)C2CC(=O)O. The van der Waals surface area contributed by atoms with Crippen LogP contribution < -0.4 is 0 Å². The maximum Gasteiger partial charge on any atom is 0.304 e. The molecule has 1 aromatic heterocycles. The summed E-state index contributed by atoms with van der Waals surface area (Å²) in [5, 5.41) is 18.8.